The molecule has 2 N–H and O–H groups in total. The van der Waals surface area contributed by atoms with Crippen molar-refractivity contribution in [3.8, 4) is 5.75 Å². The molecule has 1 amide bonds. The van der Waals surface area contributed by atoms with Gasteiger partial charge in [-0.1, -0.05) is 35.9 Å². The number of rotatable bonds is 4. The largest absolute Gasteiger partial charge is 0.496 e. The highest BCUT2D eigenvalue weighted by Gasteiger charge is 2.17. The Kier molecular flexibility index (Phi) is 4.57. The summed E-state index contributed by atoms with van der Waals surface area (Å²) in [6, 6.07) is 14.2. The molecule has 25 heavy (non-hydrogen) atoms. The summed E-state index contributed by atoms with van der Waals surface area (Å²) in [6.07, 6.45) is 0. The van der Waals surface area contributed by atoms with Gasteiger partial charge in [-0.3, -0.25) is 9.59 Å². The smallest absolute Gasteiger partial charge is 0.252 e. The van der Waals surface area contributed by atoms with E-state index in [1.807, 2.05) is 50.2 Å². The fourth-order valence-corrected chi connectivity index (χ4v) is 2.94. The molecule has 3 rings (SSSR count). The van der Waals surface area contributed by atoms with Crippen LogP contribution < -0.4 is 15.6 Å². The number of aromatic amines is 1. The number of para-hydroxylation sites is 1. The van der Waals surface area contributed by atoms with Crippen LogP contribution in [0.3, 0.4) is 0 Å². The number of benzene rings is 2. The van der Waals surface area contributed by atoms with Gasteiger partial charge in [0.05, 0.1) is 18.7 Å². The molecule has 0 bridgehead atoms. The molecule has 0 aliphatic rings. The Labute approximate surface area is 145 Å². The van der Waals surface area contributed by atoms with Gasteiger partial charge < -0.3 is 15.0 Å². The second-order valence-electron chi connectivity index (χ2n) is 6.03. The lowest BCUT2D eigenvalue weighted by atomic mass is 10.0. The fraction of sp³-hybridized carbons (Fsp3) is 0.200. The molecule has 0 aliphatic carbocycles. The molecule has 128 valence electrons. The van der Waals surface area contributed by atoms with E-state index in [1.165, 1.54) is 6.07 Å². The second-order valence-corrected chi connectivity index (χ2v) is 6.03. The van der Waals surface area contributed by atoms with Gasteiger partial charge in [0.1, 0.15) is 5.75 Å². The highest BCUT2D eigenvalue weighted by molar-refractivity contribution is 6.06. The Morgan fingerprint density at radius 3 is 2.68 bits per heavy atom. The minimum atomic E-state index is -0.301. The first-order valence-electron chi connectivity index (χ1n) is 8.07. The summed E-state index contributed by atoms with van der Waals surface area (Å²) in [5.74, 6) is 0.424. The molecule has 0 fully saturated rings. The van der Waals surface area contributed by atoms with Crippen LogP contribution in [0.1, 0.15) is 34.5 Å². The van der Waals surface area contributed by atoms with Gasteiger partial charge in [0.2, 0.25) is 5.56 Å². The van der Waals surface area contributed by atoms with Crippen molar-refractivity contribution in [2.45, 2.75) is 19.9 Å². The first-order chi connectivity index (χ1) is 12.0. The zero-order valence-corrected chi connectivity index (χ0v) is 14.4. The summed E-state index contributed by atoms with van der Waals surface area (Å²) >= 11 is 0. The molecule has 5 nitrogen and oxygen atoms in total. The molecule has 0 saturated carbocycles. The number of carbonyl (C=O) groups is 1. The van der Waals surface area contributed by atoms with Crippen molar-refractivity contribution in [2.24, 2.45) is 0 Å². The van der Waals surface area contributed by atoms with Crippen LogP contribution in [0.2, 0.25) is 0 Å². The van der Waals surface area contributed by atoms with Gasteiger partial charge in [-0.2, -0.15) is 0 Å². The number of ether oxygens (including phenoxy) is 1. The highest BCUT2D eigenvalue weighted by Crippen LogP contribution is 2.26. The average molecular weight is 336 g/mol. The third kappa shape index (κ3) is 3.40. The van der Waals surface area contributed by atoms with E-state index >= 15 is 0 Å². The standard InChI is InChI=1S/C20H20N2O3/c1-12-8-9-18(25-3)15(10-12)13(2)21-20(24)16-11-19(23)22-17-7-5-4-6-14(16)17/h4-11,13H,1-3H3,(H,21,24)(H,22,23). The summed E-state index contributed by atoms with van der Waals surface area (Å²) in [6.45, 7) is 3.88. The molecule has 0 radical (unpaired) electrons. The van der Waals surface area contributed by atoms with Crippen molar-refractivity contribution in [1.82, 2.24) is 10.3 Å². The first-order valence-corrected chi connectivity index (χ1v) is 8.07. The Morgan fingerprint density at radius 2 is 1.92 bits per heavy atom. The number of pyridine rings is 1. The van der Waals surface area contributed by atoms with Gasteiger partial charge in [0, 0.05) is 22.5 Å². The molecule has 0 saturated heterocycles. The number of nitrogens with one attached hydrogen (secondary N) is 2. The second kappa shape index (κ2) is 6.81. The van der Waals surface area contributed by atoms with E-state index in [0.29, 0.717) is 22.2 Å². The van der Waals surface area contributed by atoms with E-state index in [0.717, 1.165) is 11.1 Å². The van der Waals surface area contributed by atoms with Crippen LogP contribution in [0.25, 0.3) is 10.9 Å². The van der Waals surface area contributed by atoms with Gasteiger partial charge in [-0.05, 0) is 26.0 Å². The molecular weight excluding hydrogens is 316 g/mol. The summed E-state index contributed by atoms with van der Waals surface area (Å²) in [4.78, 5) is 27.4. The molecule has 1 heterocycles. The quantitative estimate of drug-likeness (QED) is 0.767. The Hall–Kier alpha value is -3.08. The zero-order chi connectivity index (χ0) is 18.0. The van der Waals surface area contributed by atoms with E-state index in [-0.39, 0.29) is 17.5 Å². The van der Waals surface area contributed by atoms with Crippen molar-refractivity contribution in [3.63, 3.8) is 0 Å². The predicted octanol–water partition coefficient (Wildman–Crippen LogP) is 3.34. The van der Waals surface area contributed by atoms with E-state index in [4.69, 9.17) is 4.74 Å². The lowest BCUT2D eigenvalue weighted by Crippen LogP contribution is -2.28. The first kappa shape index (κ1) is 16.8. The summed E-state index contributed by atoms with van der Waals surface area (Å²) in [7, 11) is 1.60. The number of methoxy groups -OCH3 is 1. The van der Waals surface area contributed by atoms with Gasteiger partial charge in [-0.25, -0.2) is 0 Å². The van der Waals surface area contributed by atoms with Crippen LogP contribution in [0.4, 0.5) is 0 Å². The summed E-state index contributed by atoms with van der Waals surface area (Å²) in [5.41, 5.74) is 2.67. The topological polar surface area (TPSA) is 71.2 Å². The number of hydrogen-bond donors (Lipinski definition) is 2. The van der Waals surface area contributed by atoms with Crippen molar-refractivity contribution >= 4 is 16.8 Å². The Morgan fingerprint density at radius 1 is 1.16 bits per heavy atom. The third-order valence-electron chi connectivity index (χ3n) is 4.19. The van der Waals surface area contributed by atoms with E-state index < -0.39 is 0 Å². The molecule has 0 spiro atoms. The van der Waals surface area contributed by atoms with Crippen molar-refractivity contribution < 1.29 is 9.53 Å². The van der Waals surface area contributed by atoms with E-state index in [9.17, 15) is 9.59 Å². The SMILES string of the molecule is COc1ccc(C)cc1C(C)NC(=O)c1cc(=O)[nH]c2ccccc12. The van der Waals surface area contributed by atoms with Crippen LogP contribution >= 0.6 is 0 Å². The number of amides is 1. The van der Waals surface area contributed by atoms with Crippen molar-refractivity contribution in [1.29, 1.82) is 0 Å². The molecular formula is C20H20N2O3. The normalized spacial score (nSPS) is 12.0. The lowest BCUT2D eigenvalue weighted by molar-refractivity contribution is 0.0941. The van der Waals surface area contributed by atoms with Crippen molar-refractivity contribution in [2.75, 3.05) is 7.11 Å². The van der Waals surface area contributed by atoms with Crippen LogP contribution in [-0.4, -0.2) is 18.0 Å². The zero-order valence-electron chi connectivity index (χ0n) is 14.4. The van der Waals surface area contributed by atoms with Crippen LogP contribution in [-0.2, 0) is 0 Å². The van der Waals surface area contributed by atoms with Gasteiger partial charge in [0.15, 0.2) is 0 Å². The molecule has 0 aliphatic heterocycles. The van der Waals surface area contributed by atoms with Crippen molar-refractivity contribution in [3.05, 3.63) is 75.6 Å². The lowest BCUT2D eigenvalue weighted by Gasteiger charge is -2.18. The predicted molar refractivity (Wildman–Crippen MR) is 98.2 cm³/mol. The number of H-pyrrole nitrogens is 1. The number of aryl methyl sites for hydroxylation is 1. The number of hydrogen-bond acceptors (Lipinski definition) is 3. The van der Waals surface area contributed by atoms with Gasteiger partial charge in [0.25, 0.3) is 5.91 Å². The Balaban J connectivity index is 1.96. The maximum Gasteiger partial charge on any atom is 0.252 e. The Bertz CT molecular complexity index is 992. The van der Waals surface area contributed by atoms with E-state index in [2.05, 4.69) is 10.3 Å². The van der Waals surface area contributed by atoms with Gasteiger partial charge in [-0.15, -0.1) is 0 Å². The molecule has 1 unspecified atom stereocenters. The van der Waals surface area contributed by atoms with Gasteiger partial charge >= 0.3 is 0 Å². The molecule has 5 heteroatoms. The summed E-state index contributed by atoms with van der Waals surface area (Å²) in [5, 5.41) is 3.67. The minimum Gasteiger partial charge on any atom is -0.496 e. The maximum atomic E-state index is 12.8. The fourth-order valence-electron chi connectivity index (χ4n) is 2.94. The van der Waals surface area contributed by atoms with E-state index in [1.54, 1.807) is 13.2 Å². The monoisotopic (exact) mass is 336 g/mol. The number of carbonyl (C=O) groups excluding carboxylic acids is 1. The summed E-state index contributed by atoms with van der Waals surface area (Å²) < 4.78 is 5.39. The van der Waals surface area contributed by atoms with Crippen LogP contribution in [0.15, 0.2) is 53.3 Å². The molecule has 3 aromatic rings. The van der Waals surface area contributed by atoms with Crippen LogP contribution in [0, 0.1) is 6.92 Å². The highest BCUT2D eigenvalue weighted by atomic mass is 16.5. The molecule has 1 aromatic heterocycles. The maximum absolute atomic E-state index is 12.8. The number of aromatic nitrogens is 1. The number of fused-ring (bicyclic) bond motifs is 1. The third-order valence-corrected chi connectivity index (χ3v) is 4.19. The average Bonchev–Trinajstić information content (AvgIpc) is 2.60. The van der Waals surface area contributed by atoms with Crippen LogP contribution in [0.5, 0.6) is 5.75 Å². The minimum absolute atomic E-state index is 0.264. The molecule has 2 aromatic carbocycles. The molecule has 1 atom stereocenters.